The molecule has 0 heterocycles. The minimum atomic E-state index is -0.577. The number of anilines is 1. The van der Waals surface area contributed by atoms with Crippen molar-refractivity contribution in [3.8, 4) is 5.75 Å². The van der Waals surface area contributed by atoms with E-state index in [0.717, 1.165) is 24.2 Å². The van der Waals surface area contributed by atoms with Crippen LogP contribution in [0.15, 0.2) is 48.5 Å². The third-order valence-corrected chi connectivity index (χ3v) is 3.42. The number of benzene rings is 2. The molecule has 0 bridgehead atoms. The van der Waals surface area contributed by atoms with Gasteiger partial charge in [-0.1, -0.05) is 37.6 Å². The maximum atomic E-state index is 10.8. The minimum Gasteiger partial charge on any atom is -0.491 e. The maximum Gasteiger partial charge on any atom is 0.316 e. The Hall–Kier alpha value is -2.53. The molecule has 0 radical (unpaired) electrons. The number of primary amides is 1. The zero-order valence-electron chi connectivity index (χ0n) is 14.0. The molecular formula is C19H24N2O3. The summed E-state index contributed by atoms with van der Waals surface area (Å²) in [6.45, 7) is 3.60. The van der Waals surface area contributed by atoms with Crippen molar-refractivity contribution in [2.24, 2.45) is 5.73 Å². The van der Waals surface area contributed by atoms with Gasteiger partial charge in [-0.25, -0.2) is 4.79 Å². The highest BCUT2D eigenvalue weighted by molar-refractivity contribution is 5.87. The first kappa shape index (κ1) is 17.8. The number of hydrogen-bond donors (Lipinski definition) is 2. The zero-order chi connectivity index (χ0) is 17.2. The van der Waals surface area contributed by atoms with Gasteiger partial charge in [0.2, 0.25) is 0 Å². The molecule has 3 N–H and O–H groups in total. The van der Waals surface area contributed by atoms with Gasteiger partial charge in [0.1, 0.15) is 12.4 Å². The predicted molar refractivity (Wildman–Crippen MR) is 95.2 cm³/mol. The molecule has 0 saturated heterocycles. The average Bonchev–Trinajstić information content (AvgIpc) is 2.56. The number of rotatable bonds is 9. The lowest BCUT2D eigenvalue weighted by molar-refractivity contribution is 0.0889. The van der Waals surface area contributed by atoms with E-state index in [4.69, 9.17) is 15.2 Å². The molecule has 0 aliphatic rings. The van der Waals surface area contributed by atoms with E-state index in [0.29, 0.717) is 25.5 Å². The van der Waals surface area contributed by atoms with Crippen LogP contribution in [0.5, 0.6) is 5.75 Å². The van der Waals surface area contributed by atoms with Gasteiger partial charge >= 0.3 is 6.03 Å². The molecule has 0 aliphatic heterocycles. The summed E-state index contributed by atoms with van der Waals surface area (Å²) in [5, 5.41) is 2.54. The van der Waals surface area contributed by atoms with Crippen LogP contribution in [0.25, 0.3) is 0 Å². The first-order valence-electron chi connectivity index (χ1n) is 8.12. The van der Waals surface area contributed by atoms with Crippen LogP contribution < -0.4 is 15.8 Å². The van der Waals surface area contributed by atoms with Gasteiger partial charge in [0.05, 0.1) is 13.2 Å². The number of urea groups is 1. The molecular weight excluding hydrogens is 304 g/mol. The second-order valence-corrected chi connectivity index (χ2v) is 5.48. The Morgan fingerprint density at radius 1 is 1.08 bits per heavy atom. The van der Waals surface area contributed by atoms with Gasteiger partial charge in [0.15, 0.2) is 0 Å². The quantitative estimate of drug-likeness (QED) is 0.689. The molecule has 0 aromatic heterocycles. The summed E-state index contributed by atoms with van der Waals surface area (Å²) >= 11 is 0. The summed E-state index contributed by atoms with van der Waals surface area (Å²) in [5.41, 5.74) is 8.04. The van der Waals surface area contributed by atoms with E-state index in [2.05, 4.69) is 24.4 Å². The third kappa shape index (κ3) is 6.30. The van der Waals surface area contributed by atoms with Crippen molar-refractivity contribution in [1.29, 1.82) is 0 Å². The number of carbonyl (C=O) groups excluding carboxylic acids is 1. The maximum absolute atomic E-state index is 10.8. The van der Waals surface area contributed by atoms with Crippen LogP contribution in [-0.2, 0) is 17.8 Å². The van der Waals surface area contributed by atoms with E-state index in [-0.39, 0.29) is 0 Å². The highest BCUT2D eigenvalue weighted by atomic mass is 16.5. The Balaban J connectivity index is 1.68. The number of carbonyl (C=O) groups is 1. The molecule has 2 rings (SSSR count). The van der Waals surface area contributed by atoms with Crippen LogP contribution >= 0.6 is 0 Å². The summed E-state index contributed by atoms with van der Waals surface area (Å²) in [6, 6.07) is 15.0. The van der Waals surface area contributed by atoms with Crippen molar-refractivity contribution in [3.05, 3.63) is 59.7 Å². The van der Waals surface area contributed by atoms with E-state index in [9.17, 15) is 4.79 Å². The molecule has 128 valence electrons. The number of nitrogens with two attached hydrogens (primary N) is 1. The van der Waals surface area contributed by atoms with E-state index in [1.54, 1.807) is 6.07 Å². The van der Waals surface area contributed by atoms with Gasteiger partial charge in [-0.2, -0.15) is 0 Å². The van der Waals surface area contributed by atoms with Gasteiger partial charge in [-0.15, -0.1) is 0 Å². The van der Waals surface area contributed by atoms with Crippen LogP contribution in [0.4, 0.5) is 10.5 Å². The standard InChI is InChI=1S/C19H24N2O3/c1-2-4-15-7-9-18(10-8-15)24-12-11-23-14-16-5-3-6-17(13-16)21-19(20)22/h3,5-10,13H,2,4,11-12,14H2,1H3,(H3,20,21,22). The van der Waals surface area contributed by atoms with Gasteiger partial charge in [0, 0.05) is 5.69 Å². The number of nitrogens with one attached hydrogen (secondary N) is 1. The van der Waals surface area contributed by atoms with Crippen LogP contribution in [0, 0.1) is 0 Å². The summed E-state index contributed by atoms with van der Waals surface area (Å²) < 4.78 is 11.2. The lowest BCUT2D eigenvalue weighted by atomic mass is 10.1. The van der Waals surface area contributed by atoms with E-state index in [1.165, 1.54) is 5.56 Å². The second kappa shape index (κ2) is 9.57. The molecule has 0 aliphatic carbocycles. The predicted octanol–water partition coefficient (Wildman–Crippen LogP) is 3.73. The molecule has 2 amide bonds. The lowest BCUT2D eigenvalue weighted by Gasteiger charge is -2.09. The Morgan fingerprint density at radius 2 is 1.88 bits per heavy atom. The number of aryl methyl sites for hydroxylation is 1. The van der Waals surface area contributed by atoms with Gasteiger partial charge in [0.25, 0.3) is 0 Å². The summed E-state index contributed by atoms with van der Waals surface area (Å²) in [4.78, 5) is 10.8. The second-order valence-electron chi connectivity index (χ2n) is 5.48. The lowest BCUT2D eigenvalue weighted by Crippen LogP contribution is -2.19. The smallest absolute Gasteiger partial charge is 0.316 e. The van der Waals surface area contributed by atoms with E-state index in [1.807, 2.05) is 30.3 Å². The molecule has 5 nitrogen and oxygen atoms in total. The largest absolute Gasteiger partial charge is 0.491 e. The number of hydrogen-bond acceptors (Lipinski definition) is 3. The highest BCUT2D eigenvalue weighted by Gasteiger charge is 1.99. The molecule has 2 aromatic carbocycles. The van der Waals surface area contributed by atoms with Crippen molar-refractivity contribution in [2.75, 3.05) is 18.5 Å². The number of amides is 2. The van der Waals surface area contributed by atoms with Gasteiger partial charge in [-0.3, -0.25) is 0 Å². The number of ether oxygens (including phenoxy) is 2. The minimum absolute atomic E-state index is 0.451. The van der Waals surface area contributed by atoms with Crippen molar-refractivity contribution >= 4 is 11.7 Å². The monoisotopic (exact) mass is 328 g/mol. The summed E-state index contributed by atoms with van der Waals surface area (Å²) in [7, 11) is 0. The third-order valence-electron chi connectivity index (χ3n) is 3.42. The SMILES string of the molecule is CCCc1ccc(OCCOCc2cccc(NC(N)=O)c2)cc1. The van der Waals surface area contributed by atoms with Crippen LogP contribution in [0.1, 0.15) is 24.5 Å². The topological polar surface area (TPSA) is 73.6 Å². The Kier molecular flexibility index (Phi) is 7.11. The van der Waals surface area contributed by atoms with Gasteiger partial charge in [-0.05, 0) is 41.8 Å². The first-order valence-corrected chi connectivity index (χ1v) is 8.12. The Bertz CT molecular complexity index is 641. The molecule has 24 heavy (non-hydrogen) atoms. The van der Waals surface area contributed by atoms with E-state index >= 15 is 0 Å². The van der Waals surface area contributed by atoms with Crippen molar-refractivity contribution in [3.63, 3.8) is 0 Å². The van der Waals surface area contributed by atoms with Gasteiger partial charge < -0.3 is 20.5 Å². The fourth-order valence-electron chi connectivity index (χ4n) is 2.33. The average molecular weight is 328 g/mol. The molecule has 0 saturated carbocycles. The van der Waals surface area contributed by atoms with Crippen LogP contribution in [-0.4, -0.2) is 19.2 Å². The van der Waals surface area contributed by atoms with Crippen molar-refractivity contribution in [2.45, 2.75) is 26.4 Å². The summed E-state index contributed by atoms with van der Waals surface area (Å²) in [6.07, 6.45) is 2.23. The molecule has 2 aromatic rings. The van der Waals surface area contributed by atoms with Crippen LogP contribution in [0.2, 0.25) is 0 Å². The highest BCUT2D eigenvalue weighted by Crippen LogP contribution is 2.14. The van der Waals surface area contributed by atoms with Crippen molar-refractivity contribution in [1.82, 2.24) is 0 Å². The molecule has 0 atom stereocenters. The molecule has 0 spiro atoms. The Labute approximate surface area is 142 Å². The normalized spacial score (nSPS) is 10.4. The molecule has 5 heteroatoms. The summed E-state index contributed by atoms with van der Waals surface area (Å²) in [5.74, 6) is 0.853. The van der Waals surface area contributed by atoms with Crippen molar-refractivity contribution < 1.29 is 14.3 Å². The Morgan fingerprint density at radius 3 is 2.58 bits per heavy atom. The first-order chi connectivity index (χ1) is 11.7. The van der Waals surface area contributed by atoms with E-state index < -0.39 is 6.03 Å². The molecule has 0 fully saturated rings. The zero-order valence-corrected chi connectivity index (χ0v) is 14.0. The van der Waals surface area contributed by atoms with Crippen LogP contribution in [0.3, 0.4) is 0 Å². The fraction of sp³-hybridized carbons (Fsp3) is 0.316. The molecule has 0 unspecified atom stereocenters. The fourth-order valence-corrected chi connectivity index (χ4v) is 2.33.